The fraction of sp³-hybridized carbons (Fsp3) is 1.00. The molecule has 2 heteroatoms. The van der Waals surface area contributed by atoms with E-state index in [0.717, 1.165) is 12.8 Å². The molecule has 0 radical (unpaired) electrons. The predicted molar refractivity (Wildman–Crippen MR) is 72.0 cm³/mol. The molecule has 0 saturated heterocycles. The van der Waals surface area contributed by atoms with Crippen molar-refractivity contribution in [2.24, 2.45) is 16.1 Å². The van der Waals surface area contributed by atoms with Crippen LogP contribution in [0.25, 0.3) is 0 Å². The summed E-state index contributed by atoms with van der Waals surface area (Å²) < 4.78 is 0. The number of rotatable bonds is 6. The second-order valence-electron chi connectivity index (χ2n) is 6.57. The minimum atomic E-state index is -0.0511. The maximum Gasteiger partial charge on any atom is 0.0790 e. The lowest BCUT2D eigenvalue weighted by atomic mass is 9.87. The van der Waals surface area contributed by atoms with Crippen molar-refractivity contribution in [2.75, 3.05) is 0 Å². The molecule has 0 N–H and O–H groups in total. The molecule has 0 aromatic carbocycles. The summed E-state index contributed by atoms with van der Waals surface area (Å²) in [6, 6.07) is 0. The van der Waals surface area contributed by atoms with Crippen LogP contribution in [0.5, 0.6) is 0 Å². The first kappa shape index (κ1) is 15.6. The molecule has 96 valence electrons. The van der Waals surface area contributed by atoms with Gasteiger partial charge in [-0.2, -0.15) is 10.2 Å². The van der Waals surface area contributed by atoms with Crippen LogP contribution in [0.2, 0.25) is 0 Å². The van der Waals surface area contributed by atoms with Gasteiger partial charge in [-0.25, -0.2) is 0 Å². The minimum Gasteiger partial charge on any atom is -0.188 e. The van der Waals surface area contributed by atoms with Gasteiger partial charge in [-0.05, 0) is 46.5 Å². The van der Waals surface area contributed by atoms with Gasteiger partial charge in [0.05, 0.1) is 11.1 Å². The smallest absolute Gasteiger partial charge is 0.0790 e. The quantitative estimate of drug-likeness (QED) is 0.554. The van der Waals surface area contributed by atoms with Crippen LogP contribution in [-0.2, 0) is 0 Å². The molecule has 1 unspecified atom stereocenters. The molecule has 0 aliphatic rings. The molecule has 0 aliphatic heterocycles. The maximum atomic E-state index is 4.63. The van der Waals surface area contributed by atoms with E-state index in [1.165, 1.54) is 12.8 Å². The molecular formula is C14H30N2. The lowest BCUT2D eigenvalue weighted by Gasteiger charge is -2.27. The number of unbranched alkanes of at least 4 members (excludes halogenated alkanes) is 1. The zero-order valence-corrected chi connectivity index (χ0v) is 12.3. The summed E-state index contributed by atoms with van der Waals surface area (Å²) in [7, 11) is 0. The van der Waals surface area contributed by atoms with E-state index in [4.69, 9.17) is 0 Å². The number of hydrogen-bond donors (Lipinski definition) is 0. The van der Waals surface area contributed by atoms with Crippen LogP contribution in [0, 0.1) is 5.92 Å². The van der Waals surface area contributed by atoms with E-state index in [-0.39, 0.29) is 11.1 Å². The van der Waals surface area contributed by atoms with Gasteiger partial charge in [0.2, 0.25) is 0 Å². The Morgan fingerprint density at radius 3 is 1.94 bits per heavy atom. The predicted octanol–water partition coefficient (Wildman–Crippen LogP) is 5.23. The summed E-state index contributed by atoms with van der Waals surface area (Å²) in [5, 5.41) is 9.09. The fourth-order valence-corrected chi connectivity index (χ4v) is 1.90. The van der Waals surface area contributed by atoms with E-state index in [2.05, 4.69) is 58.7 Å². The highest BCUT2D eigenvalue weighted by Gasteiger charge is 2.25. The van der Waals surface area contributed by atoms with Gasteiger partial charge in [-0.1, -0.05) is 33.6 Å². The Balaban J connectivity index is 4.58. The summed E-state index contributed by atoms with van der Waals surface area (Å²) in [5.41, 5.74) is -0.0120. The molecule has 0 spiro atoms. The normalized spacial score (nSPS) is 17.0. The highest BCUT2D eigenvalue weighted by Crippen LogP contribution is 2.28. The molecular weight excluding hydrogens is 196 g/mol. The monoisotopic (exact) mass is 226 g/mol. The molecule has 0 bridgehead atoms. The fourth-order valence-electron chi connectivity index (χ4n) is 1.90. The third kappa shape index (κ3) is 7.84. The molecule has 16 heavy (non-hydrogen) atoms. The Kier molecular flexibility index (Phi) is 6.20. The first-order valence-electron chi connectivity index (χ1n) is 6.62. The molecule has 2 nitrogen and oxygen atoms in total. The highest BCUT2D eigenvalue weighted by molar-refractivity contribution is 4.84. The van der Waals surface area contributed by atoms with Crippen molar-refractivity contribution in [1.82, 2.24) is 0 Å². The molecule has 0 fully saturated rings. The van der Waals surface area contributed by atoms with E-state index in [0.29, 0.717) is 5.92 Å². The molecule has 0 aromatic rings. The molecule has 0 amide bonds. The Morgan fingerprint density at radius 2 is 1.56 bits per heavy atom. The lowest BCUT2D eigenvalue weighted by Crippen LogP contribution is -2.25. The number of hydrogen-bond acceptors (Lipinski definition) is 2. The molecule has 1 atom stereocenters. The van der Waals surface area contributed by atoms with E-state index in [1.54, 1.807) is 0 Å². The lowest BCUT2D eigenvalue weighted by molar-refractivity contribution is 0.313. The van der Waals surface area contributed by atoms with Gasteiger partial charge >= 0.3 is 0 Å². The third-order valence-electron chi connectivity index (χ3n) is 2.51. The number of azo groups is 1. The van der Waals surface area contributed by atoms with Crippen LogP contribution in [0.1, 0.15) is 74.1 Å². The van der Waals surface area contributed by atoms with Gasteiger partial charge in [0.1, 0.15) is 0 Å². The summed E-state index contributed by atoms with van der Waals surface area (Å²) in [4.78, 5) is 0. The van der Waals surface area contributed by atoms with E-state index < -0.39 is 0 Å². The second kappa shape index (κ2) is 6.36. The van der Waals surface area contributed by atoms with Crippen molar-refractivity contribution in [3.05, 3.63) is 0 Å². The standard InChI is InChI=1S/C14H30N2/c1-8-9-10-14(7,11-12(2)3)16-15-13(4,5)6/h12H,8-11H2,1-7H3/b16-15+. The average molecular weight is 226 g/mol. The van der Waals surface area contributed by atoms with Gasteiger partial charge in [0, 0.05) is 0 Å². The van der Waals surface area contributed by atoms with Crippen LogP contribution in [0.3, 0.4) is 0 Å². The van der Waals surface area contributed by atoms with E-state index in [9.17, 15) is 0 Å². The topological polar surface area (TPSA) is 24.7 Å². The van der Waals surface area contributed by atoms with Gasteiger partial charge < -0.3 is 0 Å². The maximum absolute atomic E-state index is 4.63. The highest BCUT2D eigenvalue weighted by atomic mass is 15.2. The Bertz CT molecular complexity index is 213. The number of nitrogens with zero attached hydrogens (tertiary/aromatic N) is 2. The van der Waals surface area contributed by atoms with Crippen LogP contribution in [0.4, 0.5) is 0 Å². The van der Waals surface area contributed by atoms with Crippen molar-refractivity contribution in [2.45, 2.75) is 85.2 Å². The Labute approximate surface area is 102 Å². The Hall–Kier alpha value is -0.400. The van der Waals surface area contributed by atoms with Crippen molar-refractivity contribution in [3.8, 4) is 0 Å². The van der Waals surface area contributed by atoms with Gasteiger partial charge in [-0.15, -0.1) is 0 Å². The van der Waals surface area contributed by atoms with Gasteiger partial charge in [0.25, 0.3) is 0 Å². The SMILES string of the molecule is CCCCC(C)(CC(C)C)/N=N/C(C)(C)C. The van der Waals surface area contributed by atoms with Crippen LogP contribution in [0.15, 0.2) is 10.2 Å². The van der Waals surface area contributed by atoms with Crippen molar-refractivity contribution < 1.29 is 0 Å². The average Bonchev–Trinajstić information content (AvgIpc) is 2.10. The van der Waals surface area contributed by atoms with Crippen molar-refractivity contribution in [1.29, 1.82) is 0 Å². The third-order valence-corrected chi connectivity index (χ3v) is 2.51. The largest absolute Gasteiger partial charge is 0.188 e. The van der Waals surface area contributed by atoms with Crippen LogP contribution >= 0.6 is 0 Å². The van der Waals surface area contributed by atoms with Crippen LogP contribution < -0.4 is 0 Å². The van der Waals surface area contributed by atoms with E-state index in [1.807, 2.05) is 0 Å². The van der Waals surface area contributed by atoms with Gasteiger partial charge in [0.15, 0.2) is 0 Å². The first-order valence-corrected chi connectivity index (χ1v) is 6.62. The van der Waals surface area contributed by atoms with Crippen molar-refractivity contribution in [3.63, 3.8) is 0 Å². The summed E-state index contributed by atoms with van der Waals surface area (Å²) in [6.07, 6.45) is 4.76. The zero-order valence-electron chi connectivity index (χ0n) is 12.3. The molecule has 0 aliphatic carbocycles. The molecule has 0 rings (SSSR count). The van der Waals surface area contributed by atoms with Crippen LogP contribution in [-0.4, -0.2) is 11.1 Å². The van der Waals surface area contributed by atoms with Gasteiger partial charge in [-0.3, -0.25) is 0 Å². The summed E-state index contributed by atoms with van der Waals surface area (Å²) in [6.45, 7) is 15.3. The zero-order chi connectivity index (χ0) is 12.8. The van der Waals surface area contributed by atoms with Crippen molar-refractivity contribution >= 4 is 0 Å². The Morgan fingerprint density at radius 1 is 1.00 bits per heavy atom. The summed E-state index contributed by atoms with van der Waals surface area (Å²) in [5.74, 6) is 0.681. The molecule has 0 aromatic heterocycles. The molecule has 0 heterocycles. The first-order chi connectivity index (χ1) is 7.18. The summed E-state index contributed by atoms with van der Waals surface area (Å²) >= 11 is 0. The second-order valence-corrected chi connectivity index (χ2v) is 6.57. The minimum absolute atomic E-state index is 0.0391. The van der Waals surface area contributed by atoms with E-state index >= 15 is 0 Å². The molecule has 0 saturated carbocycles.